The molecule has 0 saturated carbocycles. The smallest absolute Gasteiger partial charge is 0.253 e. The minimum Gasteiger partial charge on any atom is -0.397 e. The number of nitrogens with one attached hydrogen (secondary N) is 1. The maximum Gasteiger partial charge on any atom is 0.253 e. The third kappa shape index (κ3) is 1.50. The van der Waals surface area contributed by atoms with Gasteiger partial charge in [-0.1, -0.05) is 18.2 Å². The maximum absolute atomic E-state index is 11.6. The molecule has 4 heteroatoms. The second-order valence-corrected chi connectivity index (χ2v) is 3.18. The third-order valence-electron chi connectivity index (χ3n) is 2.26. The summed E-state index contributed by atoms with van der Waals surface area (Å²) in [6.07, 6.45) is 1.51. The summed E-state index contributed by atoms with van der Waals surface area (Å²) < 4.78 is 0. The molecule has 0 radical (unpaired) electrons. The van der Waals surface area contributed by atoms with E-state index in [1.165, 1.54) is 6.20 Å². The van der Waals surface area contributed by atoms with E-state index in [1.54, 1.807) is 7.05 Å². The second-order valence-electron chi connectivity index (χ2n) is 3.18. The number of carbonyl (C=O) groups excluding carboxylic acids is 1. The molecule has 0 aliphatic heterocycles. The Bertz CT molecular complexity index is 522. The van der Waals surface area contributed by atoms with Crippen molar-refractivity contribution in [3.63, 3.8) is 0 Å². The topological polar surface area (TPSA) is 68.0 Å². The Morgan fingerprint density at radius 2 is 2.13 bits per heavy atom. The molecule has 0 aliphatic rings. The van der Waals surface area contributed by atoms with Gasteiger partial charge in [0.15, 0.2) is 0 Å². The fraction of sp³-hybridized carbons (Fsp3) is 0.0909. The van der Waals surface area contributed by atoms with Crippen molar-refractivity contribution in [3.8, 4) is 0 Å². The number of hydrogen-bond donors (Lipinski definition) is 2. The van der Waals surface area contributed by atoms with Gasteiger partial charge in [0.25, 0.3) is 5.91 Å². The molecule has 76 valence electrons. The molecule has 1 heterocycles. The summed E-state index contributed by atoms with van der Waals surface area (Å²) in [5.74, 6) is -0.189. The molecule has 1 amide bonds. The monoisotopic (exact) mass is 201 g/mol. The minimum absolute atomic E-state index is 0.189. The zero-order chi connectivity index (χ0) is 10.8. The van der Waals surface area contributed by atoms with Gasteiger partial charge in [0, 0.05) is 12.4 Å². The Morgan fingerprint density at radius 1 is 1.40 bits per heavy atom. The van der Waals surface area contributed by atoms with Crippen molar-refractivity contribution in [1.82, 2.24) is 10.3 Å². The lowest BCUT2D eigenvalue weighted by atomic mass is 10.1. The fourth-order valence-corrected chi connectivity index (χ4v) is 1.54. The Balaban J connectivity index is 2.79. The lowest BCUT2D eigenvalue weighted by Crippen LogP contribution is -2.20. The number of para-hydroxylation sites is 1. The van der Waals surface area contributed by atoms with Crippen LogP contribution in [0.5, 0.6) is 0 Å². The number of amides is 1. The van der Waals surface area contributed by atoms with E-state index in [4.69, 9.17) is 5.73 Å². The number of hydrogen-bond acceptors (Lipinski definition) is 3. The van der Waals surface area contributed by atoms with Crippen molar-refractivity contribution >= 4 is 22.5 Å². The Hall–Kier alpha value is -2.10. The summed E-state index contributed by atoms with van der Waals surface area (Å²) in [5, 5.41) is 3.34. The Morgan fingerprint density at radius 3 is 2.87 bits per heavy atom. The highest BCUT2D eigenvalue weighted by Crippen LogP contribution is 2.21. The van der Waals surface area contributed by atoms with Crippen LogP contribution in [0.3, 0.4) is 0 Å². The summed E-state index contributed by atoms with van der Waals surface area (Å²) in [4.78, 5) is 15.8. The van der Waals surface area contributed by atoms with Gasteiger partial charge >= 0.3 is 0 Å². The van der Waals surface area contributed by atoms with Crippen LogP contribution in [0.1, 0.15) is 10.4 Å². The first-order valence-electron chi connectivity index (χ1n) is 4.59. The van der Waals surface area contributed by atoms with Crippen molar-refractivity contribution < 1.29 is 4.79 Å². The van der Waals surface area contributed by atoms with Gasteiger partial charge in [0.2, 0.25) is 0 Å². The first kappa shape index (κ1) is 9.45. The SMILES string of the molecule is CNC(=O)c1c(N)cnc2ccccc12. The normalized spacial score (nSPS) is 10.2. The van der Waals surface area contributed by atoms with Crippen LogP contribution < -0.4 is 11.1 Å². The Labute approximate surface area is 87.1 Å². The molecule has 0 fully saturated rings. The van der Waals surface area contributed by atoms with Crippen LogP contribution in [0.2, 0.25) is 0 Å². The van der Waals surface area contributed by atoms with E-state index in [1.807, 2.05) is 24.3 Å². The van der Waals surface area contributed by atoms with Crippen LogP contribution in [-0.4, -0.2) is 17.9 Å². The first-order chi connectivity index (χ1) is 7.24. The molecular formula is C11H11N3O. The molecule has 1 aromatic carbocycles. The summed E-state index contributed by atoms with van der Waals surface area (Å²) in [6, 6.07) is 7.42. The number of pyridine rings is 1. The van der Waals surface area contributed by atoms with Crippen molar-refractivity contribution in [1.29, 1.82) is 0 Å². The highest BCUT2D eigenvalue weighted by molar-refractivity contribution is 6.10. The van der Waals surface area contributed by atoms with Gasteiger partial charge in [-0.15, -0.1) is 0 Å². The summed E-state index contributed by atoms with van der Waals surface area (Å²) in [7, 11) is 1.58. The second kappa shape index (κ2) is 3.57. The van der Waals surface area contributed by atoms with Gasteiger partial charge in [-0.05, 0) is 6.07 Å². The lowest BCUT2D eigenvalue weighted by Gasteiger charge is -2.07. The number of benzene rings is 1. The molecule has 0 aliphatic carbocycles. The lowest BCUT2D eigenvalue weighted by molar-refractivity contribution is 0.0965. The van der Waals surface area contributed by atoms with E-state index in [0.717, 1.165) is 10.9 Å². The average Bonchev–Trinajstić information content (AvgIpc) is 2.28. The average molecular weight is 201 g/mol. The summed E-state index contributed by atoms with van der Waals surface area (Å²) >= 11 is 0. The number of nitrogen functional groups attached to an aromatic ring is 1. The van der Waals surface area contributed by atoms with Gasteiger partial charge in [-0.25, -0.2) is 0 Å². The van der Waals surface area contributed by atoms with Crippen LogP contribution in [-0.2, 0) is 0 Å². The van der Waals surface area contributed by atoms with Crippen molar-refractivity contribution in [2.75, 3.05) is 12.8 Å². The highest BCUT2D eigenvalue weighted by atomic mass is 16.1. The van der Waals surface area contributed by atoms with Gasteiger partial charge < -0.3 is 11.1 Å². The largest absolute Gasteiger partial charge is 0.397 e. The maximum atomic E-state index is 11.6. The van der Waals surface area contributed by atoms with Gasteiger partial charge in [-0.3, -0.25) is 9.78 Å². The van der Waals surface area contributed by atoms with Crippen LogP contribution in [0, 0.1) is 0 Å². The van der Waals surface area contributed by atoms with E-state index in [2.05, 4.69) is 10.3 Å². The molecule has 2 aromatic rings. The zero-order valence-corrected chi connectivity index (χ0v) is 8.32. The Kier molecular flexibility index (Phi) is 2.25. The fourth-order valence-electron chi connectivity index (χ4n) is 1.54. The van der Waals surface area contributed by atoms with Gasteiger partial charge in [0.05, 0.1) is 23.0 Å². The molecule has 0 saturated heterocycles. The highest BCUT2D eigenvalue weighted by Gasteiger charge is 2.12. The van der Waals surface area contributed by atoms with E-state index in [0.29, 0.717) is 11.3 Å². The number of fused-ring (bicyclic) bond motifs is 1. The van der Waals surface area contributed by atoms with E-state index >= 15 is 0 Å². The van der Waals surface area contributed by atoms with Crippen LogP contribution in [0.25, 0.3) is 10.9 Å². The number of aromatic nitrogens is 1. The number of carbonyl (C=O) groups is 1. The predicted molar refractivity (Wildman–Crippen MR) is 59.5 cm³/mol. The van der Waals surface area contributed by atoms with Crippen molar-refractivity contribution in [3.05, 3.63) is 36.0 Å². The van der Waals surface area contributed by atoms with E-state index < -0.39 is 0 Å². The number of anilines is 1. The molecular weight excluding hydrogens is 190 g/mol. The molecule has 0 bridgehead atoms. The number of nitrogens with zero attached hydrogens (tertiary/aromatic N) is 1. The molecule has 0 unspecified atom stereocenters. The van der Waals surface area contributed by atoms with Crippen LogP contribution in [0.15, 0.2) is 30.5 Å². The quantitative estimate of drug-likeness (QED) is 0.727. The molecule has 2 rings (SSSR count). The van der Waals surface area contributed by atoms with Crippen molar-refractivity contribution in [2.24, 2.45) is 0 Å². The van der Waals surface area contributed by atoms with E-state index in [9.17, 15) is 4.79 Å². The molecule has 1 aromatic heterocycles. The molecule has 4 nitrogen and oxygen atoms in total. The van der Waals surface area contributed by atoms with Crippen molar-refractivity contribution in [2.45, 2.75) is 0 Å². The molecule has 15 heavy (non-hydrogen) atoms. The zero-order valence-electron chi connectivity index (χ0n) is 8.32. The summed E-state index contributed by atoms with van der Waals surface area (Å²) in [6.45, 7) is 0. The number of rotatable bonds is 1. The minimum atomic E-state index is -0.189. The molecule has 0 atom stereocenters. The first-order valence-corrected chi connectivity index (χ1v) is 4.59. The van der Waals surface area contributed by atoms with Gasteiger partial charge in [-0.2, -0.15) is 0 Å². The van der Waals surface area contributed by atoms with E-state index in [-0.39, 0.29) is 5.91 Å². The summed E-state index contributed by atoms with van der Waals surface area (Å²) in [5.41, 5.74) is 7.39. The van der Waals surface area contributed by atoms with Crippen LogP contribution in [0.4, 0.5) is 5.69 Å². The van der Waals surface area contributed by atoms with Crippen LogP contribution >= 0.6 is 0 Å². The van der Waals surface area contributed by atoms with Gasteiger partial charge in [0.1, 0.15) is 0 Å². The third-order valence-corrected chi connectivity index (χ3v) is 2.26. The molecule has 0 spiro atoms. The number of nitrogens with two attached hydrogens (primary N) is 1. The molecule has 3 N–H and O–H groups in total. The standard InChI is InChI=1S/C11H11N3O/c1-13-11(15)10-7-4-2-3-5-9(7)14-6-8(10)12/h2-6H,12H2,1H3,(H,13,15). The predicted octanol–water partition coefficient (Wildman–Crippen LogP) is 1.18.